The van der Waals surface area contributed by atoms with E-state index in [0.717, 1.165) is 10.7 Å². The van der Waals surface area contributed by atoms with Crippen molar-refractivity contribution in [3.8, 4) is 0 Å². The zero-order chi connectivity index (χ0) is 15.0. The number of hydrogen-bond acceptors (Lipinski definition) is 5. The Balaban J connectivity index is 2.28. The summed E-state index contributed by atoms with van der Waals surface area (Å²) >= 11 is 3.10. The lowest BCUT2D eigenvalue weighted by Gasteiger charge is -2.14. The molecule has 0 bridgehead atoms. The van der Waals surface area contributed by atoms with Crippen LogP contribution < -0.4 is 10.6 Å². The van der Waals surface area contributed by atoms with Crippen molar-refractivity contribution >= 4 is 35.1 Å². The number of rotatable bonds is 8. The summed E-state index contributed by atoms with van der Waals surface area (Å²) in [4.78, 5) is 26.9. The maximum absolute atomic E-state index is 11.6. The average Bonchev–Trinajstić information content (AvgIpc) is 2.80. The van der Waals surface area contributed by atoms with E-state index in [9.17, 15) is 9.59 Å². The smallest absolute Gasteiger partial charge is 0.326 e. The molecule has 1 aromatic rings. The Labute approximate surface area is 126 Å². The van der Waals surface area contributed by atoms with Gasteiger partial charge in [-0.25, -0.2) is 14.6 Å². The van der Waals surface area contributed by atoms with Crippen molar-refractivity contribution in [1.82, 2.24) is 15.6 Å². The number of nitrogens with zero attached hydrogens (tertiary/aromatic N) is 1. The van der Waals surface area contributed by atoms with Gasteiger partial charge in [0, 0.05) is 24.0 Å². The highest BCUT2D eigenvalue weighted by molar-refractivity contribution is 7.98. The van der Waals surface area contributed by atoms with Crippen molar-refractivity contribution in [3.05, 3.63) is 16.1 Å². The number of thioether (sulfide) groups is 1. The molecule has 1 atom stereocenters. The second-order valence-corrected chi connectivity index (χ2v) is 6.13. The number of amides is 2. The van der Waals surface area contributed by atoms with Gasteiger partial charge < -0.3 is 15.7 Å². The van der Waals surface area contributed by atoms with Crippen LogP contribution in [0.2, 0.25) is 0 Å². The summed E-state index contributed by atoms with van der Waals surface area (Å²) in [5.74, 6) is -0.319. The van der Waals surface area contributed by atoms with E-state index in [4.69, 9.17) is 5.11 Å². The number of urea groups is 1. The van der Waals surface area contributed by atoms with Gasteiger partial charge >= 0.3 is 12.0 Å². The van der Waals surface area contributed by atoms with E-state index in [0.29, 0.717) is 25.1 Å². The lowest BCUT2D eigenvalue weighted by molar-refractivity contribution is -0.139. The molecule has 8 heteroatoms. The predicted octanol–water partition coefficient (Wildman–Crippen LogP) is 1.50. The van der Waals surface area contributed by atoms with Crippen LogP contribution in [-0.2, 0) is 11.2 Å². The zero-order valence-corrected chi connectivity index (χ0v) is 13.1. The Kier molecular flexibility index (Phi) is 7.38. The van der Waals surface area contributed by atoms with Crippen LogP contribution in [0.4, 0.5) is 4.79 Å². The number of thiazole rings is 1. The van der Waals surface area contributed by atoms with Crippen molar-refractivity contribution in [2.24, 2.45) is 0 Å². The molecule has 0 spiro atoms. The van der Waals surface area contributed by atoms with E-state index in [-0.39, 0.29) is 0 Å². The Morgan fingerprint density at radius 2 is 2.30 bits per heavy atom. The van der Waals surface area contributed by atoms with Crippen LogP contribution in [0, 0.1) is 6.92 Å². The van der Waals surface area contributed by atoms with E-state index in [2.05, 4.69) is 15.6 Å². The topological polar surface area (TPSA) is 91.3 Å². The number of nitrogens with one attached hydrogen (secondary N) is 2. The number of carbonyl (C=O) groups excluding carboxylic acids is 1. The third-order valence-electron chi connectivity index (χ3n) is 2.51. The van der Waals surface area contributed by atoms with Crippen LogP contribution in [0.1, 0.15) is 17.1 Å². The SMILES string of the molecule is CSCC[C@@H](NC(=O)NCCc1nc(C)cs1)C(=O)O. The van der Waals surface area contributed by atoms with Gasteiger partial charge in [-0.2, -0.15) is 11.8 Å². The van der Waals surface area contributed by atoms with Gasteiger partial charge in [-0.1, -0.05) is 0 Å². The molecule has 0 aliphatic heterocycles. The number of aromatic nitrogens is 1. The quantitative estimate of drug-likeness (QED) is 0.676. The number of carbonyl (C=O) groups is 2. The first-order valence-electron chi connectivity index (χ1n) is 6.20. The normalized spacial score (nSPS) is 11.9. The largest absolute Gasteiger partial charge is 0.480 e. The molecular weight excluding hydrogens is 298 g/mol. The molecule has 0 fully saturated rings. The lowest BCUT2D eigenvalue weighted by atomic mass is 10.2. The summed E-state index contributed by atoms with van der Waals surface area (Å²) in [7, 11) is 0. The van der Waals surface area contributed by atoms with Crippen LogP contribution in [0.15, 0.2) is 5.38 Å². The van der Waals surface area contributed by atoms with Crippen LogP contribution in [0.5, 0.6) is 0 Å². The van der Waals surface area contributed by atoms with Crippen LogP contribution in [-0.4, -0.2) is 46.7 Å². The maximum Gasteiger partial charge on any atom is 0.326 e. The standard InChI is InChI=1S/C12H19N3O3S2/c1-8-7-20-10(14-8)3-5-13-12(18)15-9(11(16)17)4-6-19-2/h7,9H,3-6H2,1-2H3,(H,16,17)(H2,13,15,18)/t9-/m1/s1. The molecule has 1 aromatic heterocycles. The Morgan fingerprint density at radius 1 is 1.55 bits per heavy atom. The molecule has 2 amide bonds. The van der Waals surface area contributed by atoms with Gasteiger partial charge in [-0.15, -0.1) is 11.3 Å². The first-order valence-corrected chi connectivity index (χ1v) is 8.47. The number of aliphatic carboxylic acids is 1. The Morgan fingerprint density at radius 3 is 2.85 bits per heavy atom. The molecule has 0 saturated carbocycles. The number of carboxylic acids is 1. The summed E-state index contributed by atoms with van der Waals surface area (Å²) < 4.78 is 0. The Bertz CT molecular complexity index is 451. The van der Waals surface area contributed by atoms with Gasteiger partial charge in [-0.05, 0) is 25.4 Å². The fourth-order valence-corrected chi connectivity index (χ4v) is 2.75. The number of hydrogen-bond donors (Lipinski definition) is 3. The highest BCUT2D eigenvalue weighted by atomic mass is 32.2. The third-order valence-corrected chi connectivity index (χ3v) is 4.18. The fourth-order valence-electron chi connectivity index (χ4n) is 1.50. The lowest BCUT2D eigenvalue weighted by Crippen LogP contribution is -2.46. The summed E-state index contributed by atoms with van der Waals surface area (Å²) in [6.45, 7) is 2.36. The van der Waals surface area contributed by atoms with Gasteiger partial charge in [0.1, 0.15) is 6.04 Å². The second kappa shape index (κ2) is 8.80. The highest BCUT2D eigenvalue weighted by Crippen LogP contribution is 2.08. The first-order chi connectivity index (χ1) is 9.52. The molecule has 0 radical (unpaired) electrons. The third kappa shape index (κ3) is 6.25. The Hall–Kier alpha value is -1.28. The van der Waals surface area contributed by atoms with E-state index < -0.39 is 18.0 Å². The summed E-state index contributed by atoms with van der Waals surface area (Å²) in [6.07, 6.45) is 2.96. The minimum Gasteiger partial charge on any atom is -0.480 e. The molecule has 20 heavy (non-hydrogen) atoms. The average molecular weight is 317 g/mol. The maximum atomic E-state index is 11.6. The van der Waals surface area contributed by atoms with Gasteiger partial charge in [-0.3, -0.25) is 0 Å². The van der Waals surface area contributed by atoms with E-state index in [1.165, 1.54) is 0 Å². The minimum atomic E-state index is -1.01. The second-order valence-electron chi connectivity index (χ2n) is 4.21. The van der Waals surface area contributed by atoms with Crippen molar-refractivity contribution in [2.45, 2.75) is 25.8 Å². The highest BCUT2D eigenvalue weighted by Gasteiger charge is 2.18. The van der Waals surface area contributed by atoms with Gasteiger partial charge in [0.15, 0.2) is 0 Å². The minimum absolute atomic E-state index is 0.412. The van der Waals surface area contributed by atoms with Gasteiger partial charge in [0.05, 0.1) is 5.01 Å². The summed E-state index contributed by atoms with van der Waals surface area (Å²) in [5, 5.41) is 17.0. The molecule has 0 unspecified atom stereocenters. The van der Waals surface area contributed by atoms with E-state index in [1.54, 1.807) is 23.1 Å². The molecule has 1 rings (SSSR count). The number of carboxylic acid groups (broad SMARTS) is 1. The molecule has 0 aromatic carbocycles. The summed E-state index contributed by atoms with van der Waals surface area (Å²) in [5.41, 5.74) is 0.970. The van der Waals surface area contributed by atoms with Crippen LogP contribution >= 0.6 is 23.1 Å². The van der Waals surface area contributed by atoms with Crippen LogP contribution in [0.25, 0.3) is 0 Å². The molecule has 6 nitrogen and oxygen atoms in total. The molecule has 112 valence electrons. The molecule has 1 heterocycles. The van der Waals surface area contributed by atoms with Gasteiger partial charge in [0.2, 0.25) is 0 Å². The van der Waals surface area contributed by atoms with Crippen molar-refractivity contribution < 1.29 is 14.7 Å². The summed E-state index contributed by atoms with van der Waals surface area (Å²) in [6, 6.07) is -1.30. The molecule has 3 N–H and O–H groups in total. The zero-order valence-electron chi connectivity index (χ0n) is 11.5. The van der Waals surface area contributed by atoms with E-state index >= 15 is 0 Å². The van der Waals surface area contributed by atoms with Gasteiger partial charge in [0.25, 0.3) is 0 Å². The van der Waals surface area contributed by atoms with Crippen molar-refractivity contribution in [2.75, 3.05) is 18.6 Å². The monoisotopic (exact) mass is 317 g/mol. The molecule has 0 aliphatic carbocycles. The predicted molar refractivity (Wildman–Crippen MR) is 81.5 cm³/mol. The van der Waals surface area contributed by atoms with Crippen LogP contribution in [0.3, 0.4) is 0 Å². The van der Waals surface area contributed by atoms with E-state index in [1.807, 2.05) is 18.6 Å². The molecule has 0 aliphatic rings. The molecule has 0 saturated heterocycles. The first kappa shape index (κ1) is 16.8. The van der Waals surface area contributed by atoms with Crippen molar-refractivity contribution in [3.63, 3.8) is 0 Å². The van der Waals surface area contributed by atoms with Crippen molar-refractivity contribution in [1.29, 1.82) is 0 Å². The fraction of sp³-hybridized carbons (Fsp3) is 0.583. The number of aryl methyl sites for hydroxylation is 1. The molecular formula is C12H19N3O3S2.